The summed E-state index contributed by atoms with van der Waals surface area (Å²) in [6.07, 6.45) is 1.77. The maximum absolute atomic E-state index is 12.1. The lowest BCUT2D eigenvalue weighted by Crippen LogP contribution is -2.12. The number of hydrogen-bond donors (Lipinski definition) is 1. The molecule has 0 saturated heterocycles. The van der Waals surface area contributed by atoms with Gasteiger partial charge in [-0.3, -0.25) is 9.55 Å². The van der Waals surface area contributed by atoms with Gasteiger partial charge in [-0.15, -0.1) is 0 Å². The molecule has 0 aliphatic rings. The van der Waals surface area contributed by atoms with Crippen molar-refractivity contribution in [1.82, 2.24) is 14.5 Å². The quantitative estimate of drug-likeness (QED) is 0.186. The van der Waals surface area contributed by atoms with Gasteiger partial charge in [0.1, 0.15) is 11.6 Å². The molecule has 2 aromatic heterocycles. The summed E-state index contributed by atoms with van der Waals surface area (Å²) in [5, 5.41) is 12.1. The van der Waals surface area contributed by atoms with Crippen molar-refractivity contribution in [1.29, 1.82) is 0 Å². The van der Waals surface area contributed by atoms with Gasteiger partial charge in [-0.1, -0.05) is 139 Å². The third-order valence-corrected chi connectivity index (χ3v) is 10.4. The number of aromatic nitrogens is 3. The smallest absolute Gasteiger partial charge is 0.149 e. The molecule has 6 aromatic carbocycles. The molecule has 55 heavy (non-hydrogen) atoms. The molecule has 272 valence electrons. The number of imidazole rings is 1. The first-order chi connectivity index (χ1) is 27.6. The summed E-state index contributed by atoms with van der Waals surface area (Å²) in [4.78, 5) is 10.1. The lowest BCUT2D eigenvalue weighted by atomic mass is 9.84. The van der Waals surface area contributed by atoms with Gasteiger partial charge < -0.3 is 5.11 Å². The van der Waals surface area contributed by atoms with Crippen molar-refractivity contribution in [2.24, 2.45) is 0 Å². The largest absolute Gasteiger partial charge is 0.507 e. The van der Waals surface area contributed by atoms with E-state index >= 15 is 0 Å². The van der Waals surface area contributed by atoms with Crippen LogP contribution in [0.2, 0.25) is 0 Å². The second kappa shape index (κ2) is 13.9. The van der Waals surface area contributed by atoms with Crippen LogP contribution in [0.5, 0.6) is 5.75 Å². The van der Waals surface area contributed by atoms with Crippen LogP contribution in [0.4, 0.5) is 0 Å². The Hall–Kier alpha value is -6.26. The van der Waals surface area contributed by atoms with Crippen LogP contribution in [0.25, 0.3) is 72.7 Å². The number of rotatable bonds is 6. The van der Waals surface area contributed by atoms with Gasteiger partial charge in [0, 0.05) is 27.0 Å². The van der Waals surface area contributed by atoms with Gasteiger partial charge in [-0.2, -0.15) is 0 Å². The number of nitrogens with zero attached hydrogens (tertiary/aromatic N) is 3. The maximum Gasteiger partial charge on any atom is 0.149 e. The van der Waals surface area contributed by atoms with Crippen molar-refractivity contribution in [3.63, 3.8) is 0 Å². The highest BCUT2D eigenvalue weighted by Crippen LogP contribution is 2.44. The minimum absolute atomic E-state index is 0.102. The molecule has 8 rings (SSSR count). The van der Waals surface area contributed by atoms with Crippen molar-refractivity contribution in [3.8, 4) is 67.5 Å². The maximum atomic E-state index is 12.1. The Morgan fingerprint density at radius 3 is 1.96 bits per heavy atom. The molecule has 4 nitrogen and oxygen atoms in total. The predicted octanol–water partition coefficient (Wildman–Crippen LogP) is 13.4. The van der Waals surface area contributed by atoms with Crippen molar-refractivity contribution >= 4 is 11.0 Å². The Morgan fingerprint density at radius 2 is 1.25 bits per heavy atom. The number of phenolic OH excluding ortho intramolecular Hbond substituents is 1. The SMILES string of the molecule is [2H]C([2H])([2H])c1cc(-c2cc(-c3ccccc3)ccn2)cc(-c2cccc3c2nc(-c2cccc(C(C)(C)C)c2O)n3-c2ccc(C(C)(C)C)cc2-c2ccccc2)c1. The van der Waals surface area contributed by atoms with E-state index in [2.05, 4.69) is 76.4 Å². The zero-order chi connectivity index (χ0) is 41.0. The van der Waals surface area contributed by atoms with Gasteiger partial charge in [0.05, 0.1) is 28.0 Å². The second-order valence-corrected chi connectivity index (χ2v) is 16.3. The average molecular weight is 721 g/mol. The minimum Gasteiger partial charge on any atom is -0.507 e. The minimum atomic E-state index is -2.38. The van der Waals surface area contributed by atoms with E-state index in [0.29, 0.717) is 33.7 Å². The van der Waals surface area contributed by atoms with Crippen LogP contribution < -0.4 is 0 Å². The molecular weight excluding hydrogens is 671 g/mol. The number of pyridine rings is 1. The third kappa shape index (κ3) is 6.85. The summed E-state index contributed by atoms with van der Waals surface area (Å²) in [5.41, 5.74) is 11.7. The van der Waals surface area contributed by atoms with Crippen LogP contribution in [0.1, 0.15) is 62.3 Å². The first kappa shape index (κ1) is 32.2. The number of hydrogen-bond acceptors (Lipinski definition) is 3. The molecule has 0 amide bonds. The summed E-state index contributed by atoms with van der Waals surface area (Å²) in [6.45, 7) is 10.5. The Kier molecular flexibility index (Phi) is 8.11. The molecule has 8 aromatic rings. The van der Waals surface area contributed by atoms with Crippen LogP contribution in [0, 0.1) is 6.85 Å². The number of para-hydroxylation sites is 2. The molecule has 0 aliphatic heterocycles. The van der Waals surface area contributed by atoms with Crippen LogP contribution in [-0.2, 0) is 10.8 Å². The number of aromatic hydroxyl groups is 1. The van der Waals surface area contributed by atoms with Gasteiger partial charge in [-0.25, -0.2) is 4.98 Å². The standard InChI is InChI=1S/C51H47N3O/c1-33-28-37(30-38(29-33)44-31-36(26-27-52-44)34-16-10-8-11-17-34)40-20-15-23-46-47(40)53-49(41-21-14-22-43(48(41)55)51(5,6)7)54(46)45-25-24-39(50(2,3)4)32-42(45)35-18-12-9-13-19-35/h8-32,55H,1-7H3/i1D3. The van der Waals surface area contributed by atoms with E-state index in [1.807, 2.05) is 103 Å². The van der Waals surface area contributed by atoms with Crippen molar-refractivity contribution < 1.29 is 9.22 Å². The highest BCUT2D eigenvalue weighted by Gasteiger charge is 2.26. The highest BCUT2D eigenvalue weighted by atomic mass is 16.3. The molecule has 0 saturated carbocycles. The van der Waals surface area contributed by atoms with E-state index in [9.17, 15) is 5.11 Å². The fourth-order valence-corrected chi connectivity index (χ4v) is 7.46. The first-order valence-corrected chi connectivity index (χ1v) is 18.8. The number of phenols is 1. The Labute approximate surface area is 329 Å². The Balaban J connectivity index is 1.43. The van der Waals surface area contributed by atoms with Gasteiger partial charge in [0.25, 0.3) is 0 Å². The van der Waals surface area contributed by atoms with Gasteiger partial charge >= 0.3 is 0 Å². The van der Waals surface area contributed by atoms with Crippen LogP contribution in [-0.4, -0.2) is 19.6 Å². The predicted molar refractivity (Wildman–Crippen MR) is 230 cm³/mol. The van der Waals surface area contributed by atoms with Crippen LogP contribution >= 0.6 is 0 Å². The van der Waals surface area contributed by atoms with Crippen molar-refractivity contribution in [2.45, 2.75) is 59.2 Å². The summed E-state index contributed by atoms with van der Waals surface area (Å²) >= 11 is 0. The van der Waals surface area contributed by atoms with Crippen LogP contribution in [0.15, 0.2) is 152 Å². The summed E-state index contributed by atoms with van der Waals surface area (Å²) in [6, 6.07) is 48.4. The molecule has 2 heterocycles. The molecule has 0 unspecified atom stereocenters. The Morgan fingerprint density at radius 1 is 0.564 bits per heavy atom. The lowest BCUT2D eigenvalue weighted by molar-refractivity contribution is 0.448. The molecule has 0 atom stereocenters. The molecule has 4 heteroatoms. The van der Waals surface area contributed by atoms with E-state index in [0.717, 1.165) is 44.6 Å². The van der Waals surface area contributed by atoms with E-state index < -0.39 is 6.85 Å². The number of benzene rings is 6. The molecule has 0 spiro atoms. The van der Waals surface area contributed by atoms with E-state index in [-0.39, 0.29) is 22.1 Å². The molecule has 0 fully saturated rings. The van der Waals surface area contributed by atoms with E-state index in [1.165, 1.54) is 5.56 Å². The fraction of sp³-hybridized carbons (Fsp3) is 0.176. The molecule has 1 N–H and O–H groups in total. The third-order valence-electron chi connectivity index (χ3n) is 10.4. The van der Waals surface area contributed by atoms with E-state index in [1.54, 1.807) is 18.3 Å². The average Bonchev–Trinajstić information content (AvgIpc) is 3.59. The van der Waals surface area contributed by atoms with Gasteiger partial charge in [-0.05, 0) is 105 Å². The van der Waals surface area contributed by atoms with Crippen molar-refractivity contribution in [2.75, 3.05) is 0 Å². The second-order valence-electron chi connectivity index (χ2n) is 16.3. The van der Waals surface area contributed by atoms with Crippen LogP contribution in [0.3, 0.4) is 0 Å². The highest BCUT2D eigenvalue weighted by molar-refractivity contribution is 5.97. The normalized spacial score (nSPS) is 13.0. The molecule has 0 aliphatic carbocycles. The summed E-state index contributed by atoms with van der Waals surface area (Å²) in [7, 11) is 0. The molecule has 0 radical (unpaired) electrons. The number of aryl methyl sites for hydroxylation is 1. The lowest BCUT2D eigenvalue weighted by Gasteiger charge is -2.24. The number of fused-ring (bicyclic) bond motifs is 1. The topological polar surface area (TPSA) is 50.9 Å². The zero-order valence-electron chi connectivity index (χ0n) is 35.2. The van der Waals surface area contributed by atoms with Gasteiger partial charge in [0.15, 0.2) is 0 Å². The van der Waals surface area contributed by atoms with E-state index in [4.69, 9.17) is 14.1 Å². The zero-order valence-corrected chi connectivity index (χ0v) is 32.2. The summed E-state index contributed by atoms with van der Waals surface area (Å²) in [5.74, 6) is 0.757. The Bertz CT molecular complexity index is 2790. The van der Waals surface area contributed by atoms with Gasteiger partial charge in [0.2, 0.25) is 0 Å². The molecular formula is C51H47N3O. The monoisotopic (exact) mass is 720 g/mol. The molecule has 0 bridgehead atoms. The summed E-state index contributed by atoms with van der Waals surface area (Å²) < 4.78 is 27.7. The van der Waals surface area contributed by atoms with Crippen molar-refractivity contribution in [3.05, 3.63) is 168 Å². The fourth-order valence-electron chi connectivity index (χ4n) is 7.46. The first-order valence-electron chi connectivity index (χ1n) is 20.3.